The van der Waals surface area contributed by atoms with Crippen LogP contribution in [0.3, 0.4) is 0 Å². The van der Waals surface area contributed by atoms with Gasteiger partial charge in [-0.3, -0.25) is 14.1 Å². The van der Waals surface area contributed by atoms with Crippen molar-refractivity contribution in [3.8, 4) is 0 Å². The van der Waals surface area contributed by atoms with Gasteiger partial charge in [-0.25, -0.2) is 4.98 Å². The van der Waals surface area contributed by atoms with Gasteiger partial charge in [0.2, 0.25) is 0 Å². The summed E-state index contributed by atoms with van der Waals surface area (Å²) in [5.74, 6) is 0. The number of aromatic nitrogens is 2. The lowest BCUT2D eigenvalue weighted by Crippen LogP contribution is -2.25. The van der Waals surface area contributed by atoms with Gasteiger partial charge in [-0.2, -0.15) is 0 Å². The standard InChI is InChI=1S/C19H21N3O/c1-14-8-7-11-18-20-17(12-19(23)22(14)18)13-21(3)15(2)16-9-5-4-6-10-16/h4-12,15H,13H2,1-3H3. The maximum absolute atomic E-state index is 12.3. The maximum atomic E-state index is 12.3. The van der Waals surface area contributed by atoms with Gasteiger partial charge in [0.15, 0.2) is 0 Å². The van der Waals surface area contributed by atoms with Crippen LogP contribution in [0.2, 0.25) is 0 Å². The molecule has 0 N–H and O–H groups in total. The summed E-state index contributed by atoms with van der Waals surface area (Å²) >= 11 is 0. The molecule has 1 aromatic carbocycles. The summed E-state index contributed by atoms with van der Waals surface area (Å²) in [5.41, 5.74) is 3.63. The minimum Gasteiger partial charge on any atom is -0.294 e. The Morgan fingerprint density at radius 2 is 1.87 bits per heavy atom. The molecule has 0 fully saturated rings. The van der Waals surface area contributed by atoms with Crippen molar-refractivity contribution in [3.63, 3.8) is 0 Å². The third-order valence-corrected chi connectivity index (χ3v) is 4.29. The first-order valence-electron chi connectivity index (χ1n) is 7.80. The molecule has 0 saturated carbocycles. The van der Waals surface area contributed by atoms with Crippen LogP contribution in [-0.4, -0.2) is 21.3 Å². The van der Waals surface area contributed by atoms with Crippen LogP contribution in [0.4, 0.5) is 0 Å². The van der Waals surface area contributed by atoms with E-state index < -0.39 is 0 Å². The third-order valence-electron chi connectivity index (χ3n) is 4.29. The van der Waals surface area contributed by atoms with Gasteiger partial charge in [0.05, 0.1) is 5.69 Å². The number of hydrogen-bond acceptors (Lipinski definition) is 3. The van der Waals surface area contributed by atoms with Gasteiger partial charge in [-0.15, -0.1) is 0 Å². The molecule has 3 rings (SSSR count). The van der Waals surface area contributed by atoms with Crippen molar-refractivity contribution in [1.29, 1.82) is 0 Å². The normalized spacial score (nSPS) is 12.7. The zero-order valence-electron chi connectivity index (χ0n) is 13.7. The van der Waals surface area contributed by atoms with Gasteiger partial charge in [-0.1, -0.05) is 36.4 Å². The topological polar surface area (TPSA) is 37.6 Å². The van der Waals surface area contributed by atoms with E-state index in [9.17, 15) is 4.79 Å². The first-order valence-corrected chi connectivity index (χ1v) is 7.80. The first-order chi connectivity index (χ1) is 11.1. The largest absolute Gasteiger partial charge is 0.294 e. The summed E-state index contributed by atoms with van der Waals surface area (Å²) in [6, 6.07) is 18.0. The van der Waals surface area contributed by atoms with Crippen LogP contribution in [0.15, 0.2) is 59.4 Å². The summed E-state index contributed by atoms with van der Waals surface area (Å²) in [6.45, 7) is 4.71. The highest BCUT2D eigenvalue weighted by molar-refractivity contribution is 5.40. The third kappa shape index (κ3) is 3.17. The smallest absolute Gasteiger partial charge is 0.258 e. The summed E-state index contributed by atoms with van der Waals surface area (Å²) in [4.78, 5) is 19.2. The fourth-order valence-corrected chi connectivity index (χ4v) is 2.82. The second kappa shape index (κ2) is 6.34. The van der Waals surface area contributed by atoms with E-state index in [0.717, 1.165) is 11.4 Å². The van der Waals surface area contributed by atoms with Crippen LogP contribution >= 0.6 is 0 Å². The zero-order chi connectivity index (χ0) is 16.4. The van der Waals surface area contributed by atoms with Crippen LogP contribution in [0.5, 0.6) is 0 Å². The maximum Gasteiger partial charge on any atom is 0.258 e. The average molecular weight is 307 g/mol. The fourth-order valence-electron chi connectivity index (χ4n) is 2.82. The summed E-state index contributed by atoms with van der Waals surface area (Å²) in [6.07, 6.45) is 0. The van der Waals surface area contributed by atoms with Crippen molar-refractivity contribution in [2.45, 2.75) is 26.4 Å². The van der Waals surface area contributed by atoms with Crippen molar-refractivity contribution in [2.75, 3.05) is 7.05 Å². The molecule has 0 aliphatic rings. The van der Waals surface area contributed by atoms with Gasteiger partial charge in [-0.05, 0) is 38.6 Å². The molecule has 0 amide bonds. The summed E-state index contributed by atoms with van der Waals surface area (Å²) in [5, 5.41) is 0. The molecule has 4 nitrogen and oxygen atoms in total. The molecular formula is C19H21N3O. The van der Waals surface area contributed by atoms with Crippen molar-refractivity contribution in [1.82, 2.24) is 14.3 Å². The highest BCUT2D eigenvalue weighted by Crippen LogP contribution is 2.19. The van der Waals surface area contributed by atoms with E-state index in [1.54, 1.807) is 10.5 Å². The van der Waals surface area contributed by atoms with Gasteiger partial charge >= 0.3 is 0 Å². The number of nitrogens with zero attached hydrogens (tertiary/aromatic N) is 3. The number of pyridine rings is 1. The van der Waals surface area contributed by atoms with E-state index in [-0.39, 0.29) is 11.6 Å². The molecular weight excluding hydrogens is 286 g/mol. The van der Waals surface area contributed by atoms with Crippen LogP contribution in [0.25, 0.3) is 5.65 Å². The predicted octanol–water partition coefficient (Wildman–Crippen LogP) is 3.20. The lowest BCUT2D eigenvalue weighted by atomic mass is 10.1. The molecule has 0 aliphatic carbocycles. The number of benzene rings is 1. The van der Waals surface area contributed by atoms with Crippen molar-refractivity contribution in [3.05, 3.63) is 81.9 Å². The van der Waals surface area contributed by atoms with E-state index >= 15 is 0 Å². The molecule has 2 aromatic heterocycles. The van der Waals surface area contributed by atoms with E-state index in [0.29, 0.717) is 12.2 Å². The molecule has 118 valence electrons. The molecule has 0 aliphatic heterocycles. The summed E-state index contributed by atoms with van der Waals surface area (Å²) < 4.78 is 1.64. The van der Waals surface area contributed by atoms with E-state index in [1.807, 2.05) is 43.3 Å². The highest BCUT2D eigenvalue weighted by Gasteiger charge is 2.13. The Hall–Kier alpha value is -2.46. The Labute approximate surface area is 136 Å². The van der Waals surface area contributed by atoms with Gasteiger partial charge in [0.25, 0.3) is 5.56 Å². The lowest BCUT2D eigenvalue weighted by molar-refractivity contribution is 0.250. The average Bonchev–Trinajstić information content (AvgIpc) is 2.54. The molecule has 0 saturated heterocycles. The Morgan fingerprint density at radius 3 is 2.61 bits per heavy atom. The van der Waals surface area contributed by atoms with Crippen LogP contribution < -0.4 is 5.56 Å². The quantitative estimate of drug-likeness (QED) is 0.743. The molecule has 2 heterocycles. The molecule has 0 bridgehead atoms. The second-order valence-corrected chi connectivity index (χ2v) is 5.95. The second-order valence-electron chi connectivity index (χ2n) is 5.95. The van der Waals surface area contributed by atoms with E-state index in [1.165, 1.54) is 5.56 Å². The molecule has 1 atom stereocenters. The number of hydrogen-bond donors (Lipinski definition) is 0. The molecule has 23 heavy (non-hydrogen) atoms. The Bertz CT molecular complexity index is 871. The lowest BCUT2D eigenvalue weighted by Gasteiger charge is -2.24. The summed E-state index contributed by atoms with van der Waals surface area (Å²) in [7, 11) is 2.05. The van der Waals surface area contributed by atoms with E-state index in [4.69, 9.17) is 0 Å². The number of fused-ring (bicyclic) bond motifs is 1. The SMILES string of the molecule is Cc1cccc2nc(CN(C)C(C)c3ccccc3)cc(=O)n12. The first kappa shape index (κ1) is 15.4. The molecule has 1 unspecified atom stereocenters. The Morgan fingerprint density at radius 1 is 1.13 bits per heavy atom. The van der Waals surface area contributed by atoms with Crippen LogP contribution in [0, 0.1) is 6.92 Å². The van der Waals surface area contributed by atoms with Gasteiger partial charge in [0.1, 0.15) is 5.65 Å². The number of rotatable bonds is 4. The Balaban J connectivity index is 1.88. The van der Waals surface area contributed by atoms with E-state index in [2.05, 4.69) is 36.0 Å². The minimum atomic E-state index is -0.0242. The molecule has 0 spiro atoms. The van der Waals surface area contributed by atoms with Crippen LogP contribution in [0.1, 0.15) is 29.9 Å². The van der Waals surface area contributed by atoms with Crippen LogP contribution in [-0.2, 0) is 6.54 Å². The monoisotopic (exact) mass is 307 g/mol. The number of aryl methyl sites for hydroxylation is 1. The minimum absolute atomic E-state index is 0.0242. The fraction of sp³-hybridized carbons (Fsp3) is 0.263. The van der Waals surface area contributed by atoms with Gasteiger partial charge in [0, 0.05) is 24.3 Å². The van der Waals surface area contributed by atoms with Gasteiger partial charge < -0.3 is 0 Å². The zero-order valence-corrected chi connectivity index (χ0v) is 13.7. The Kier molecular flexibility index (Phi) is 4.26. The van der Waals surface area contributed by atoms with Crippen molar-refractivity contribution in [2.24, 2.45) is 0 Å². The molecule has 0 radical (unpaired) electrons. The predicted molar refractivity (Wildman–Crippen MR) is 92.5 cm³/mol. The van der Waals surface area contributed by atoms with Crippen molar-refractivity contribution >= 4 is 5.65 Å². The van der Waals surface area contributed by atoms with Crippen molar-refractivity contribution < 1.29 is 0 Å². The highest BCUT2D eigenvalue weighted by atomic mass is 16.1. The molecule has 3 aromatic rings. The molecule has 4 heteroatoms.